The van der Waals surface area contributed by atoms with Gasteiger partial charge in [-0.15, -0.1) is 11.6 Å². The van der Waals surface area contributed by atoms with Crippen LogP contribution in [0.3, 0.4) is 0 Å². The zero-order valence-corrected chi connectivity index (χ0v) is 27.0. The number of hydrogen-bond donors (Lipinski definition) is 2. The molecule has 0 radical (unpaired) electrons. The van der Waals surface area contributed by atoms with E-state index in [1.807, 2.05) is 0 Å². The van der Waals surface area contributed by atoms with Gasteiger partial charge in [-0.3, -0.25) is 19.8 Å². The number of halogens is 2. The summed E-state index contributed by atoms with van der Waals surface area (Å²) in [6.45, 7) is 6.59. The van der Waals surface area contributed by atoms with Crippen molar-refractivity contribution >= 4 is 103 Å². The predicted molar refractivity (Wildman–Crippen MR) is 161 cm³/mol. The van der Waals surface area contributed by atoms with Gasteiger partial charge in [0.05, 0.1) is 5.88 Å². The number of nitrogens with zero attached hydrogens (tertiary/aromatic N) is 3. The molecule has 2 N–H and O–H groups in total. The SMILES string of the molecule is BOC(=O)C1=C(CCl)C[S+]([O-])[C@@H]2[C@H](NC(=O)/C(=N\O[C@H](CC)C(=O)OB)c3nc(NC(=O)OC(C)(C)C)sc3Cl)C(=O)N12. The lowest BCUT2D eigenvalue weighted by Gasteiger charge is -2.49. The first kappa shape index (κ1) is 34.5. The summed E-state index contributed by atoms with van der Waals surface area (Å²) < 4.78 is 27.5. The van der Waals surface area contributed by atoms with E-state index in [1.165, 1.54) is 0 Å². The molecule has 0 saturated carbocycles. The number of oxime groups is 1. The van der Waals surface area contributed by atoms with Crippen molar-refractivity contribution in [3.8, 4) is 0 Å². The zero-order valence-electron chi connectivity index (χ0n) is 23.8. The number of amides is 3. The number of anilines is 1. The quantitative estimate of drug-likeness (QED) is 0.0826. The fourth-order valence-corrected chi connectivity index (χ4v) is 6.92. The summed E-state index contributed by atoms with van der Waals surface area (Å²) in [4.78, 5) is 73.8. The molecule has 0 bridgehead atoms. The molecule has 1 aromatic rings. The largest absolute Gasteiger partial charge is 0.614 e. The second-order valence-corrected chi connectivity index (χ2v) is 13.3. The maximum Gasteiger partial charge on any atom is 0.413 e. The van der Waals surface area contributed by atoms with Crippen LogP contribution in [0.25, 0.3) is 0 Å². The van der Waals surface area contributed by atoms with Crippen molar-refractivity contribution in [3.05, 3.63) is 21.3 Å². The van der Waals surface area contributed by atoms with Crippen molar-refractivity contribution < 1.29 is 47.4 Å². The van der Waals surface area contributed by atoms with Crippen LogP contribution < -0.4 is 10.6 Å². The Labute approximate surface area is 265 Å². The highest BCUT2D eigenvalue weighted by atomic mass is 35.5. The number of carbonyl (C=O) groups excluding carboxylic acids is 5. The van der Waals surface area contributed by atoms with Gasteiger partial charge in [-0.1, -0.05) is 35.0 Å². The lowest BCUT2D eigenvalue weighted by molar-refractivity contribution is -0.149. The Kier molecular flexibility index (Phi) is 11.4. The Hall–Kier alpha value is -2.99. The van der Waals surface area contributed by atoms with Gasteiger partial charge in [-0.25, -0.2) is 19.4 Å². The molecule has 0 spiro atoms. The molecule has 0 aromatic carbocycles. The lowest BCUT2D eigenvalue weighted by Crippen LogP contribution is -2.75. The van der Waals surface area contributed by atoms with E-state index in [0.29, 0.717) is 0 Å². The molecule has 3 amide bonds. The minimum atomic E-state index is -1.75. The number of thiazole rings is 1. The van der Waals surface area contributed by atoms with Gasteiger partial charge in [0.15, 0.2) is 16.9 Å². The highest BCUT2D eigenvalue weighted by molar-refractivity contribution is 7.92. The van der Waals surface area contributed by atoms with Crippen LogP contribution in [0.1, 0.15) is 39.8 Å². The Morgan fingerprint density at radius 2 is 1.95 bits per heavy atom. The van der Waals surface area contributed by atoms with Gasteiger partial charge in [-0.2, -0.15) is 0 Å². The Balaban J connectivity index is 1.93. The normalized spacial score (nSPS) is 20.8. The van der Waals surface area contributed by atoms with Gasteiger partial charge < -0.3 is 28.8 Å². The average molecular weight is 678 g/mol. The van der Waals surface area contributed by atoms with Crippen molar-refractivity contribution in [2.75, 3.05) is 16.9 Å². The molecule has 1 aromatic heterocycles. The number of fused-ring (bicyclic) bond motifs is 1. The smallest absolute Gasteiger partial charge is 0.413 e. The van der Waals surface area contributed by atoms with Crippen LogP contribution in [-0.2, 0) is 49.2 Å². The molecule has 4 atom stereocenters. The van der Waals surface area contributed by atoms with Gasteiger partial charge in [0.1, 0.15) is 27.1 Å². The number of ether oxygens (including phenoxy) is 1. The molecular formula is C22H27B2Cl2N5O10S2. The van der Waals surface area contributed by atoms with Gasteiger partial charge in [0.25, 0.3) is 11.8 Å². The van der Waals surface area contributed by atoms with Gasteiger partial charge in [0, 0.05) is 5.57 Å². The number of carbonyl (C=O) groups is 5. The first-order chi connectivity index (χ1) is 20.2. The van der Waals surface area contributed by atoms with E-state index in [-0.39, 0.29) is 44.5 Å². The van der Waals surface area contributed by atoms with E-state index in [2.05, 4.69) is 25.4 Å². The highest BCUT2D eigenvalue weighted by Crippen LogP contribution is 2.37. The van der Waals surface area contributed by atoms with E-state index in [9.17, 15) is 28.5 Å². The monoisotopic (exact) mass is 677 g/mol. The molecule has 15 nitrogen and oxygen atoms in total. The van der Waals surface area contributed by atoms with Crippen LogP contribution in [0.4, 0.5) is 9.93 Å². The molecule has 1 unspecified atom stereocenters. The van der Waals surface area contributed by atoms with Crippen LogP contribution in [0.2, 0.25) is 4.34 Å². The van der Waals surface area contributed by atoms with E-state index >= 15 is 0 Å². The van der Waals surface area contributed by atoms with Crippen molar-refractivity contribution in [1.82, 2.24) is 15.2 Å². The summed E-state index contributed by atoms with van der Waals surface area (Å²) in [7, 11) is 2.26. The molecular weight excluding hydrogens is 651 g/mol. The molecule has 21 heteroatoms. The molecule has 2 aliphatic rings. The fraction of sp³-hybridized carbons (Fsp3) is 0.500. The van der Waals surface area contributed by atoms with Crippen LogP contribution in [-0.4, -0.2) is 101 Å². The number of rotatable bonds is 10. The predicted octanol–water partition coefficient (Wildman–Crippen LogP) is -0.266. The topological polar surface area (TPSA) is 198 Å². The molecule has 1 fully saturated rings. The van der Waals surface area contributed by atoms with Crippen LogP contribution in [0.5, 0.6) is 0 Å². The lowest BCUT2D eigenvalue weighted by atomic mass is 10.0. The van der Waals surface area contributed by atoms with Crippen LogP contribution in [0.15, 0.2) is 16.4 Å². The third-order valence-corrected chi connectivity index (χ3v) is 8.92. The molecule has 2 aliphatic heterocycles. The second-order valence-electron chi connectivity index (χ2n) is 9.89. The average Bonchev–Trinajstić information content (AvgIpc) is 3.30. The Morgan fingerprint density at radius 1 is 1.28 bits per heavy atom. The Bertz CT molecular complexity index is 1370. The van der Waals surface area contributed by atoms with Gasteiger partial charge >= 0.3 is 34.1 Å². The summed E-state index contributed by atoms with van der Waals surface area (Å²) in [6, 6.07) is -1.35. The number of β-lactam (4-membered cyclic amide) rings is 1. The highest BCUT2D eigenvalue weighted by Gasteiger charge is 2.61. The zero-order chi connectivity index (χ0) is 32.2. The number of hydrogen-bond acceptors (Lipinski definition) is 13. The molecule has 0 aliphatic carbocycles. The summed E-state index contributed by atoms with van der Waals surface area (Å²) in [5, 5.41) is 7.46. The van der Waals surface area contributed by atoms with Crippen molar-refractivity contribution in [2.45, 2.75) is 57.2 Å². The standard InChI is InChI=1S/C22H27B2Cl2N5O10S2/c1-5-9(18(34)39-23)41-30-11(10-14(26)42-20(28-10)29-21(36)38-22(2,3)4)15(32)27-12-16(33)31-13(19(35)40-24)8(6-25)7-43(37)17(12)31/h9,12,17H,5-7,23-24H2,1-4H3,(H,27,32)(H,28,29,36)/b30-11-/t9-,12-,17-,43?/m1/s1. The third kappa shape index (κ3) is 7.75. The molecule has 3 rings (SSSR count). The van der Waals surface area contributed by atoms with Crippen molar-refractivity contribution in [2.24, 2.45) is 5.16 Å². The van der Waals surface area contributed by atoms with E-state index in [4.69, 9.17) is 37.4 Å². The van der Waals surface area contributed by atoms with Crippen molar-refractivity contribution in [1.29, 1.82) is 0 Å². The number of nitrogens with one attached hydrogen (secondary N) is 2. The van der Waals surface area contributed by atoms with Crippen molar-refractivity contribution in [3.63, 3.8) is 0 Å². The van der Waals surface area contributed by atoms with E-state index in [1.54, 1.807) is 27.7 Å². The van der Waals surface area contributed by atoms with Gasteiger partial charge in [-0.05, 0) is 38.4 Å². The van der Waals surface area contributed by atoms with E-state index < -0.39 is 69.9 Å². The maximum atomic E-state index is 13.5. The first-order valence-corrected chi connectivity index (χ1v) is 15.6. The maximum absolute atomic E-state index is 13.5. The second kappa shape index (κ2) is 14.2. The molecule has 232 valence electrons. The third-order valence-electron chi connectivity index (χ3n) is 5.77. The Morgan fingerprint density at radius 3 is 2.51 bits per heavy atom. The molecule has 1 saturated heterocycles. The van der Waals surface area contributed by atoms with Gasteiger partial charge in [0.2, 0.25) is 11.5 Å². The number of alkyl halides is 1. The summed E-state index contributed by atoms with van der Waals surface area (Å²) in [6.07, 6.45) is -1.94. The van der Waals surface area contributed by atoms with Crippen LogP contribution >= 0.6 is 34.5 Å². The minimum Gasteiger partial charge on any atom is -0.614 e. The summed E-state index contributed by atoms with van der Waals surface area (Å²) >= 11 is 11.3. The van der Waals surface area contributed by atoms with Crippen LogP contribution in [0, 0.1) is 0 Å². The number of aromatic nitrogens is 1. The first-order valence-electron chi connectivity index (χ1n) is 12.5. The summed E-state index contributed by atoms with van der Waals surface area (Å²) in [5.74, 6) is -3.72. The molecule has 43 heavy (non-hydrogen) atoms. The summed E-state index contributed by atoms with van der Waals surface area (Å²) in [5.41, 5.74) is -1.53. The minimum absolute atomic E-state index is 0.0597. The fourth-order valence-electron chi connectivity index (χ4n) is 3.87. The molecule has 3 heterocycles. The van der Waals surface area contributed by atoms with E-state index in [0.717, 1.165) is 32.3 Å².